The summed E-state index contributed by atoms with van der Waals surface area (Å²) in [6.07, 6.45) is 2.89. The fraction of sp³-hybridized carbons (Fsp3) is 0.111. The first-order valence-corrected chi connectivity index (χ1v) is 4.45. The van der Waals surface area contributed by atoms with Crippen LogP contribution in [0.25, 0.3) is 0 Å². The molecular formula is C9H9N3O4. The predicted octanol–water partition coefficient (Wildman–Crippen LogP) is -0.180. The molecule has 0 spiro atoms. The van der Waals surface area contributed by atoms with Gasteiger partial charge in [-0.25, -0.2) is 9.78 Å². The first-order chi connectivity index (χ1) is 7.66. The second-order valence-electron chi connectivity index (χ2n) is 3.06. The van der Waals surface area contributed by atoms with Gasteiger partial charge in [0.2, 0.25) is 11.8 Å². The molecule has 0 saturated heterocycles. The standard InChI is InChI=1S/C9H9N3O4/c13-7-1-2-8(14)12(7)16-9(15)3-6-4-10-5-11-6/h1-2,4-5,13-14H,3H2,(H,10,11). The van der Waals surface area contributed by atoms with Gasteiger partial charge in [0.05, 0.1) is 12.7 Å². The number of hydrogen-bond donors (Lipinski definition) is 3. The topological polar surface area (TPSA) is 100 Å². The van der Waals surface area contributed by atoms with Gasteiger partial charge >= 0.3 is 5.97 Å². The normalized spacial score (nSPS) is 10.2. The number of carbonyl (C=O) groups is 1. The maximum atomic E-state index is 11.4. The van der Waals surface area contributed by atoms with Crippen LogP contribution in [0.15, 0.2) is 24.7 Å². The summed E-state index contributed by atoms with van der Waals surface area (Å²) in [6.45, 7) is 0. The highest BCUT2D eigenvalue weighted by molar-refractivity contribution is 5.72. The van der Waals surface area contributed by atoms with Gasteiger partial charge in [-0.3, -0.25) is 0 Å². The number of hydrogen-bond acceptors (Lipinski definition) is 5. The molecule has 2 aromatic heterocycles. The van der Waals surface area contributed by atoms with E-state index >= 15 is 0 Å². The first kappa shape index (κ1) is 10.1. The van der Waals surface area contributed by atoms with Crippen molar-refractivity contribution in [2.45, 2.75) is 6.42 Å². The van der Waals surface area contributed by atoms with Crippen LogP contribution in [-0.2, 0) is 11.2 Å². The van der Waals surface area contributed by atoms with Gasteiger partial charge in [-0.05, 0) is 0 Å². The van der Waals surface area contributed by atoms with E-state index < -0.39 is 5.97 Å². The minimum Gasteiger partial charge on any atom is -0.492 e. The van der Waals surface area contributed by atoms with Crippen molar-refractivity contribution in [3.63, 3.8) is 0 Å². The van der Waals surface area contributed by atoms with Gasteiger partial charge in [-0.1, -0.05) is 0 Å². The average Bonchev–Trinajstić information content (AvgIpc) is 2.83. The number of aromatic amines is 1. The van der Waals surface area contributed by atoms with Crippen LogP contribution in [-0.4, -0.2) is 30.9 Å². The summed E-state index contributed by atoms with van der Waals surface area (Å²) in [5.41, 5.74) is 0.580. The molecule has 0 fully saturated rings. The molecule has 0 radical (unpaired) electrons. The lowest BCUT2D eigenvalue weighted by atomic mass is 10.3. The minimum absolute atomic E-state index is 0.0307. The van der Waals surface area contributed by atoms with E-state index in [-0.39, 0.29) is 18.2 Å². The number of rotatable bonds is 3. The maximum Gasteiger partial charge on any atom is 0.339 e. The lowest BCUT2D eigenvalue weighted by Crippen LogP contribution is -2.20. The molecule has 7 heteroatoms. The van der Waals surface area contributed by atoms with Crippen LogP contribution in [0, 0.1) is 0 Å². The monoisotopic (exact) mass is 223 g/mol. The molecule has 3 N–H and O–H groups in total. The molecule has 0 bridgehead atoms. The van der Waals surface area contributed by atoms with Gasteiger partial charge in [-0.15, -0.1) is 4.73 Å². The molecule has 0 unspecified atom stereocenters. The third-order valence-electron chi connectivity index (χ3n) is 1.88. The molecule has 0 atom stereocenters. The molecule has 2 heterocycles. The summed E-state index contributed by atoms with van der Waals surface area (Å²) in [5.74, 6) is -1.34. The lowest BCUT2D eigenvalue weighted by Gasteiger charge is -2.05. The maximum absolute atomic E-state index is 11.4. The Labute approximate surface area is 89.9 Å². The molecule has 0 amide bonds. The Kier molecular flexibility index (Phi) is 2.50. The number of aromatic nitrogens is 3. The molecule has 0 saturated carbocycles. The molecular weight excluding hydrogens is 214 g/mol. The van der Waals surface area contributed by atoms with Gasteiger partial charge in [0.1, 0.15) is 0 Å². The molecule has 0 aliphatic heterocycles. The smallest absolute Gasteiger partial charge is 0.339 e. The van der Waals surface area contributed by atoms with Crippen LogP contribution >= 0.6 is 0 Å². The second kappa shape index (κ2) is 3.97. The molecule has 16 heavy (non-hydrogen) atoms. The number of nitrogens with zero attached hydrogens (tertiary/aromatic N) is 2. The van der Waals surface area contributed by atoms with Crippen molar-refractivity contribution in [2.75, 3.05) is 0 Å². The Morgan fingerprint density at radius 2 is 2.12 bits per heavy atom. The summed E-state index contributed by atoms with van der Waals surface area (Å²) in [7, 11) is 0. The summed E-state index contributed by atoms with van der Waals surface area (Å²) in [4.78, 5) is 22.6. The van der Waals surface area contributed by atoms with Gasteiger partial charge in [0.25, 0.3) is 0 Å². The van der Waals surface area contributed by atoms with Crippen molar-refractivity contribution in [1.82, 2.24) is 14.7 Å². The van der Waals surface area contributed by atoms with Crippen LogP contribution in [0.5, 0.6) is 11.8 Å². The number of carbonyl (C=O) groups excluding carboxylic acids is 1. The molecule has 2 rings (SSSR count). The van der Waals surface area contributed by atoms with Gasteiger partial charge in [-0.2, -0.15) is 0 Å². The molecule has 0 aliphatic carbocycles. The highest BCUT2D eigenvalue weighted by Crippen LogP contribution is 2.18. The zero-order valence-corrected chi connectivity index (χ0v) is 8.12. The van der Waals surface area contributed by atoms with Crippen LogP contribution in [0.3, 0.4) is 0 Å². The van der Waals surface area contributed by atoms with Crippen LogP contribution in [0.2, 0.25) is 0 Å². The van der Waals surface area contributed by atoms with Crippen LogP contribution < -0.4 is 4.84 Å². The van der Waals surface area contributed by atoms with Gasteiger partial charge in [0, 0.05) is 24.0 Å². The number of nitrogens with one attached hydrogen (secondary N) is 1. The SMILES string of the molecule is O=C(Cc1cnc[nH]1)On1c(O)ccc1O. The number of H-pyrrole nitrogens is 1. The third kappa shape index (κ3) is 1.97. The predicted molar refractivity (Wildman–Crippen MR) is 51.6 cm³/mol. The third-order valence-corrected chi connectivity index (χ3v) is 1.88. The lowest BCUT2D eigenvalue weighted by molar-refractivity contribution is -0.144. The largest absolute Gasteiger partial charge is 0.492 e. The summed E-state index contributed by atoms with van der Waals surface area (Å²) in [6, 6.07) is 2.41. The Balaban J connectivity index is 2.03. The van der Waals surface area contributed by atoms with Crippen LogP contribution in [0.4, 0.5) is 0 Å². The highest BCUT2D eigenvalue weighted by Gasteiger charge is 2.12. The molecule has 0 aromatic carbocycles. The van der Waals surface area contributed by atoms with Crippen LogP contribution in [0.1, 0.15) is 5.69 Å². The fourth-order valence-corrected chi connectivity index (χ4v) is 1.17. The Bertz CT molecular complexity index is 469. The van der Waals surface area contributed by atoms with E-state index in [1.165, 1.54) is 24.7 Å². The second-order valence-corrected chi connectivity index (χ2v) is 3.06. The van der Waals surface area contributed by atoms with E-state index in [1.54, 1.807) is 0 Å². The zero-order valence-electron chi connectivity index (χ0n) is 8.12. The number of aromatic hydroxyl groups is 2. The Morgan fingerprint density at radius 3 is 2.69 bits per heavy atom. The van der Waals surface area contributed by atoms with Crippen molar-refractivity contribution < 1.29 is 19.8 Å². The van der Waals surface area contributed by atoms with E-state index in [0.717, 1.165) is 0 Å². The van der Waals surface area contributed by atoms with Crippen molar-refractivity contribution in [3.05, 3.63) is 30.4 Å². The summed E-state index contributed by atoms with van der Waals surface area (Å²) in [5, 5.41) is 18.4. The fourth-order valence-electron chi connectivity index (χ4n) is 1.17. The van der Waals surface area contributed by atoms with E-state index in [2.05, 4.69) is 9.97 Å². The summed E-state index contributed by atoms with van der Waals surface area (Å²) < 4.78 is 0.638. The number of imidazole rings is 1. The summed E-state index contributed by atoms with van der Waals surface area (Å²) >= 11 is 0. The molecule has 84 valence electrons. The highest BCUT2D eigenvalue weighted by atomic mass is 16.7. The van der Waals surface area contributed by atoms with E-state index in [9.17, 15) is 15.0 Å². The molecule has 7 nitrogen and oxygen atoms in total. The van der Waals surface area contributed by atoms with Crippen molar-refractivity contribution in [3.8, 4) is 11.8 Å². The Morgan fingerprint density at radius 1 is 1.44 bits per heavy atom. The van der Waals surface area contributed by atoms with Gasteiger partial charge in [0.15, 0.2) is 0 Å². The molecule has 2 aromatic rings. The minimum atomic E-state index is -0.633. The van der Waals surface area contributed by atoms with Gasteiger partial charge < -0.3 is 20.0 Å². The van der Waals surface area contributed by atoms with Crippen molar-refractivity contribution in [1.29, 1.82) is 0 Å². The van der Waals surface area contributed by atoms with E-state index in [4.69, 9.17) is 4.84 Å². The zero-order chi connectivity index (χ0) is 11.5. The molecule has 0 aliphatic rings. The van der Waals surface area contributed by atoms with E-state index in [1.807, 2.05) is 0 Å². The van der Waals surface area contributed by atoms with Crippen molar-refractivity contribution >= 4 is 5.97 Å². The first-order valence-electron chi connectivity index (χ1n) is 4.45. The van der Waals surface area contributed by atoms with Crippen molar-refractivity contribution in [2.24, 2.45) is 0 Å². The Hall–Kier alpha value is -2.44. The average molecular weight is 223 g/mol. The quantitative estimate of drug-likeness (QED) is 0.670. The van der Waals surface area contributed by atoms with E-state index in [0.29, 0.717) is 10.4 Å².